The second kappa shape index (κ2) is 5.35. The molecule has 1 atom stereocenters. The van der Waals surface area contributed by atoms with Crippen LogP contribution in [0.2, 0.25) is 0 Å². The molecule has 0 saturated heterocycles. The van der Waals surface area contributed by atoms with Crippen molar-refractivity contribution in [3.63, 3.8) is 0 Å². The Bertz CT molecular complexity index is 656. The van der Waals surface area contributed by atoms with E-state index < -0.39 is 32.0 Å². The van der Waals surface area contributed by atoms with Gasteiger partial charge >= 0.3 is 0 Å². The number of amides is 1. The van der Waals surface area contributed by atoms with Gasteiger partial charge in [-0.1, -0.05) is 12.1 Å². The number of hydrogen-bond acceptors (Lipinski definition) is 3. The zero-order valence-electron chi connectivity index (χ0n) is 10.0. The van der Waals surface area contributed by atoms with Crippen molar-refractivity contribution in [2.75, 3.05) is 0 Å². The molecule has 1 amide bonds. The predicted octanol–water partition coefficient (Wildman–Crippen LogP) is 2.44. The molecule has 1 aromatic carbocycles. The molecule has 8 heteroatoms. The van der Waals surface area contributed by atoms with E-state index in [-0.39, 0.29) is 6.42 Å². The van der Waals surface area contributed by atoms with Crippen molar-refractivity contribution in [2.45, 2.75) is 10.8 Å². The summed E-state index contributed by atoms with van der Waals surface area (Å²) in [4.78, 5) is 11.5. The molecule has 0 heterocycles. The molecular weight excluding hydrogens is 328 g/mol. The van der Waals surface area contributed by atoms with Crippen molar-refractivity contribution >= 4 is 45.2 Å². The lowest BCUT2D eigenvalue weighted by Crippen LogP contribution is -2.31. The molecule has 0 unspecified atom stereocenters. The molecule has 0 spiro atoms. The van der Waals surface area contributed by atoms with Crippen LogP contribution in [0, 0.1) is 11.7 Å². The van der Waals surface area contributed by atoms with Crippen LogP contribution in [-0.2, 0) is 14.8 Å². The summed E-state index contributed by atoms with van der Waals surface area (Å²) in [5, 5.41) is 0.824. The number of sulfonamides is 1. The number of alkyl halides is 2. The molecule has 1 fully saturated rings. The molecule has 0 bridgehead atoms. The van der Waals surface area contributed by atoms with Gasteiger partial charge in [0.05, 0.1) is 11.3 Å². The number of nitrogens with one attached hydrogen (secondary N) is 1. The van der Waals surface area contributed by atoms with Gasteiger partial charge in [-0.05, 0) is 30.2 Å². The van der Waals surface area contributed by atoms with Gasteiger partial charge in [0.2, 0.25) is 5.91 Å². The van der Waals surface area contributed by atoms with Gasteiger partial charge in [0.15, 0.2) is 0 Å². The van der Waals surface area contributed by atoms with Crippen LogP contribution in [0.15, 0.2) is 29.7 Å². The lowest BCUT2D eigenvalue weighted by atomic mass is 10.2. The second-order valence-electron chi connectivity index (χ2n) is 4.38. The quantitative estimate of drug-likeness (QED) is 0.858. The van der Waals surface area contributed by atoms with Crippen LogP contribution >= 0.6 is 23.2 Å². The monoisotopic (exact) mass is 337 g/mol. The van der Waals surface area contributed by atoms with E-state index in [1.54, 1.807) is 0 Å². The van der Waals surface area contributed by atoms with Crippen LogP contribution < -0.4 is 4.72 Å². The van der Waals surface area contributed by atoms with E-state index in [0.717, 1.165) is 5.41 Å². The first-order chi connectivity index (χ1) is 9.20. The molecular formula is C12H10Cl2FNO3S. The molecule has 2 rings (SSSR count). The molecule has 0 aliphatic heterocycles. The van der Waals surface area contributed by atoms with Gasteiger partial charge in [0.1, 0.15) is 10.2 Å². The van der Waals surface area contributed by atoms with Gasteiger partial charge in [0, 0.05) is 0 Å². The Labute approximate surface area is 125 Å². The first-order valence-electron chi connectivity index (χ1n) is 5.58. The SMILES string of the molecule is O=C(NS(=O)(=O)/C=C/c1ccc(F)cc1)[C@@H]1CC1(Cl)Cl. The molecule has 20 heavy (non-hydrogen) atoms. The zero-order valence-corrected chi connectivity index (χ0v) is 12.3. The topological polar surface area (TPSA) is 63.2 Å². The molecule has 0 aromatic heterocycles. The average molecular weight is 338 g/mol. The Hall–Kier alpha value is -1.11. The number of hydrogen-bond donors (Lipinski definition) is 1. The van der Waals surface area contributed by atoms with Crippen molar-refractivity contribution in [2.24, 2.45) is 5.92 Å². The van der Waals surface area contributed by atoms with E-state index in [0.29, 0.717) is 5.56 Å². The van der Waals surface area contributed by atoms with E-state index >= 15 is 0 Å². The summed E-state index contributed by atoms with van der Waals surface area (Å²) in [6.45, 7) is 0. The highest BCUT2D eigenvalue weighted by Gasteiger charge is 2.56. The third kappa shape index (κ3) is 3.94. The van der Waals surface area contributed by atoms with Crippen LogP contribution in [0.5, 0.6) is 0 Å². The van der Waals surface area contributed by atoms with Gasteiger partial charge in [-0.25, -0.2) is 17.5 Å². The molecule has 0 radical (unpaired) electrons. The highest BCUT2D eigenvalue weighted by molar-refractivity contribution is 7.93. The van der Waals surface area contributed by atoms with E-state index in [1.807, 2.05) is 4.72 Å². The van der Waals surface area contributed by atoms with Crippen molar-refractivity contribution in [1.82, 2.24) is 4.72 Å². The fourth-order valence-electron chi connectivity index (χ4n) is 1.49. The van der Waals surface area contributed by atoms with Gasteiger partial charge in [-0.2, -0.15) is 0 Å². The van der Waals surface area contributed by atoms with Crippen LogP contribution in [0.1, 0.15) is 12.0 Å². The lowest BCUT2D eigenvalue weighted by molar-refractivity contribution is -0.120. The fourth-order valence-corrected chi connectivity index (χ4v) is 2.82. The van der Waals surface area contributed by atoms with Crippen molar-refractivity contribution in [1.29, 1.82) is 0 Å². The number of carbonyl (C=O) groups is 1. The molecule has 1 aromatic rings. The molecule has 4 nitrogen and oxygen atoms in total. The highest BCUT2D eigenvalue weighted by atomic mass is 35.5. The highest BCUT2D eigenvalue weighted by Crippen LogP contribution is 2.53. The van der Waals surface area contributed by atoms with E-state index in [9.17, 15) is 17.6 Å². The smallest absolute Gasteiger partial charge is 0.257 e. The Morgan fingerprint density at radius 3 is 2.40 bits per heavy atom. The lowest BCUT2D eigenvalue weighted by Gasteiger charge is -2.02. The Balaban J connectivity index is 2.01. The maximum Gasteiger partial charge on any atom is 0.257 e. The Morgan fingerprint density at radius 1 is 1.35 bits per heavy atom. The summed E-state index contributed by atoms with van der Waals surface area (Å²) in [7, 11) is -3.94. The second-order valence-corrected chi connectivity index (χ2v) is 7.49. The van der Waals surface area contributed by atoms with Crippen LogP contribution in [0.4, 0.5) is 4.39 Å². The summed E-state index contributed by atoms with van der Waals surface area (Å²) in [5.41, 5.74) is 0.486. The minimum Gasteiger partial charge on any atom is -0.274 e. The summed E-state index contributed by atoms with van der Waals surface area (Å²) in [6, 6.07) is 5.22. The molecule has 1 aliphatic rings. The van der Waals surface area contributed by atoms with Crippen molar-refractivity contribution in [3.8, 4) is 0 Å². The zero-order chi connectivity index (χ0) is 15.0. The number of carbonyl (C=O) groups excluding carboxylic acids is 1. The number of benzene rings is 1. The summed E-state index contributed by atoms with van der Waals surface area (Å²) in [5.74, 6) is -1.88. The van der Waals surface area contributed by atoms with Gasteiger partial charge in [-0.3, -0.25) is 4.79 Å². The molecule has 108 valence electrons. The normalized spacial score (nSPS) is 20.9. The summed E-state index contributed by atoms with van der Waals surface area (Å²) < 4.78 is 36.6. The summed E-state index contributed by atoms with van der Waals surface area (Å²) in [6.07, 6.45) is 1.47. The Morgan fingerprint density at radius 2 is 1.90 bits per heavy atom. The van der Waals surface area contributed by atoms with Crippen LogP contribution in [0.3, 0.4) is 0 Å². The summed E-state index contributed by atoms with van der Waals surface area (Å²) >= 11 is 11.3. The number of rotatable bonds is 4. The molecule has 1 saturated carbocycles. The van der Waals surface area contributed by atoms with Crippen LogP contribution in [0.25, 0.3) is 6.08 Å². The third-order valence-electron chi connectivity index (χ3n) is 2.69. The van der Waals surface area contributed by atoms with E-state index in [2.05, 4.69) is 0 Å². The molecule has 1 N–H and O–H groups in total. The molecule has 1 aliphatic carbocycles. The van der Waals surface area contributed by atoms with Gasteiger partial charge in [-0.15, -0.1) is 23.2 Å². The fraction of sp³-hybridized carbons (Fsp3) is 0.250. The van der Waals surface area contributed by atoms with Crippen molar-refractivity contribution in [3.05, 3.63) is 41.1 Å². The minimum atomic E-state index is -3.94. The van der Waals surface area contributed by atoms with E-state index in [4.69, 9.17) is 23.2 Å². The van der Waals surface area contributed by atoms with Gasteiger partial charge < -0.3 is 0 Å². The maximum atomic E-state index is 12.7. The standard InChI is InChI=1S/C12H10Cl2FNO3S/c13-12(14)7-10(12)11(17)16-20(18,19)6-5-8-1-3-9(15)4-2-8/h1-6,10H,7H2,(H,16,17)/b6-5+/t10-/m0/s1. The Kier molecular flexibility index (Phi) is 4.09. The first kappa shape index (κ1) is 15.3. The maximum absolute atomic E-state index is 12.7. The number of halogens is 3. The average Bonchev–Trinajstić information content (AvgIpc) is 2.98. The van der Waals surface area contributed by atoms with Crippen molar-refractivity contribution < 1.29 is 17.6 Å². The minimum absolute atomic E-state index is 0.221. The predicted molar refractivity (Wildman–Crippen MR) is 75.0 cm³/mol. The largest absolute Gasteiger partial charge is 0.274 e. The van der Waals surface area contributed by atoms with E-state index in [1.165, 1.54) is 30.3 Å². The third-order valence-corrected chi connectivity index (χ3v) is 4.51. The van der Waals surface area contributed by atoms with Crippen LogP contribution in [-0.4, -0.2) is 18.7 Å². The van der Waals surface area contributed by atoms with Gasteiger partial charge in [0.25, 0.3) is 10.0 Å². The first-order valence-corrected chi connectivity index (χ1v) is 7.88.